The molecule has 0 spiro atoms. The number of carbonyl (C=O) groups is 2. The van der Waals surface area contributed by atoms with E-state index in [1.54, 1.807) is 32.9 Å². The van der Waals surface area contributed by atoms with Gasteiger partial charge in [-0.1, -0.05) is 0 Å². The maximum absolute atomic E-state index is 11.6. The molecule has 128 valence electrons. The van der Waals surface area contributed by atoms with E-state index >= 15 is 0 Å². The molecular weight excluding hydrogens is 302 g/mol. The number of carboxylic acids is 1. The molecule has 0 aliphatic carbocycles. The van der Waals surface area contributed by atoms with Crippen molar-refractivity contribution >= 4 is 17.9 Å². The summed E-state index contributed by atoms with van der Waals surface area (Å²) in [4.78, 5) is 26.9. The second-order valence-corrected chi connectivity index (χ2v) is 6.11. The SMILES string of the molecule is Cc1cc(N)nc(COC[C@@H](NC(=O)OC(C)(C)C)C(=O)O)c1. The van der Waals surface area contributed by atoms with E-state index in [0.717, 1.165) is 5.56 Å². The minimum absolute atomic E-state index is 0.0889. The molecule has 1 aromatic heterocycles. The number of aromatic nitrogens is 1. The number of carboxylic acid groups (broad SMARTS) is 1. The van der Waals surface area contributed by atoms with Gasteiger partial charge in [0.2, 0.25) is 0 Å². The summed E-state index contributed by atoms with van der Waals surface area (Å²) in [5, 5.41) is 11.4. The molecule has 0 aliphatic rings. The number of ether oxygens (including phenoxy) is 2. The van der Waals surface area contributed by atoms with E-state index in [1.807, 2.05) is 6.92 Å². The maximum atomic E-state index is 11.6. The van der Waals surface area contributed by atoms with Gasteiger partial charge < -0.3 is 25.6 Å². The fraction of sp³-hybridized carbons (Fsp3) is 0.533. The lowest BCUT2D eigenvalue weighted by Gasteiger charge is -2.22. The van der Waals surface area contributed by atoms with E-state index in [0.29, 0.717) is 11.5 Å². The van der Waals surface area contributed by atoms with Gasteiger partial charge in [-0.25, -0.2) is 14.6 Å². The van der Waals surface area contributed by atoms with E-state index in [-0.39, 0.29) is 13.2 Å². The van der Waals surface area contributed by atoms with Crippen LogP contribution in [0.4, 0.5) is 10.6 Å². The summed E-state index contributed by atoms with van der Waals surface area (Å²) >= 11 is 0. The van der Waals surface area contributed by atoms with Crippen LogP contribution in [0.5, 0.6) is 0 Å². The first kappa shape index (κ1) is 18.7. The molecule has 1 rings (SSSR count). The molecule has 0 aromatic carbocycles. The Labute approximate surface area is 135 Å². The number of pyridine rings is 1. The van der Waals surface area contributed by atoms with Gasteiger partial charge in [0, 0.05) is 0 Å². The molecule has 0 saturated heterocycles. The second-order valence-electron chi connectivity index (χ2n) is 6.11. The molecule has 0 fully saturated rings. The van der Waals surface area contributed by atoms with Gasteiger partial charge in [-0.2, -0.15) is 0 Å². The van der Waals surface area contributed by atoms with Crippen molar-refractivity contribution in [2.45, 2.75) is 45.9 Å². The number of aryl methyl sites for hydroxylation is 1. The van der Waals surface area contributed by atoms with Crippen molar-refractivity contribution in [3.8, 4) is 0 Å². The van der Waals surface area contributed by atoms with Crippen molar-refractivity contribution in [1.29, 1.82) is 0 Å². The Morgan fingerprint density at radius 1 is 1.39 bits per heavy atom. The Hall–Kier alpha value is -2.35. The standard InChI is InChI=1S/C15H23N3O5/c1-9-5-10(17-12(16)6-9)7-22-8-11(13(19)20)18-14(21)23-15(2,3)4/h5-6,11H,7-8H2,1-4H3,(H2,16,17)(H,18,21)(H,19,20)/t11-/m1/s1. The molecule has 0 saturated carbocycles. The van der Waals surface area contributed by atoms with Crippen LogP contribution >= 0.6 is 0 Å². The highest BCUT2D eigenvalue weighted by Crippen LogP contribution is 2.09. The molecule has 0 aliphatic heterocycles. The summed E-state index contributed by atoms with van der Waals surface area (Å²) < 4.78 is 10.3. The number of nitrogens with zero attached hydrogens (tertiary/aromatic N) is 1. The first-order valence-electron chi connectivity index (χ1n) is 7.10. The number of anilines is 1. The number of nitrogens with one attached hydrogen (secondary N) is 1. The Morgan fingerprint density at radius 2 is 2.04 bits per heavy atom. The lowest BCUT2D eigenvalue weighted by molar-refractivity contribution is -0.141. The molecule has 1 heterocycles. The van der Waals surface area contributed by atoms with Crippen molar-refractivity contribution in [1.82, 2.24) is 10.3 Å². The van der Waals surface area contributed by atoms with Gasteiger partial charge in [-0.05, 0) is 45.4 Å². The molecule has 1 amide bonds. The number of nitrogen functional groups attached to an aromatic ring is 1. The first-order chi connectivity index (χ1) is 10.6. The van der Waals surface area contributed by atoms with Gasteiger partial charge >= 0.3 is 12.1 Å². The molecule has 8 heteroatoms. The predicted octanol–water partition coefficient (Wildman–Crippen LogP) is 1.47. The minimum atomic E-state index is -1.22. The average Bonchev–Trinajstić information content (AvgIpc) is 2.33. The molecule has 0 unspecified atom stereocenters. The number of rotatable bonds is 6. The molecule has 8 nitrogen and oxygen atoms in total. The molecule has 0 bridgehead atoms. The third-order valence-corrected chi connectivity index (χ3v) is 2.57. The zero-order chi connectivity index (χ0) is 17.6. The van der Waals surface area contributed by atoms with Crippen molar-refractivity contribution in [2.24, 2.45) is 0 Å². The van der Waals surface area contributed by atoms with Crippen molar-refractivity contribution in [3.63, 3.8) is 0 Å². The molecule has 1 atom stereocenters. The average molecular weight is 325 g/mol. The van der Waals surface area contributed by atoms with Crippen LogP contribution in [0.2, 0.25) is 0 Å². The third kappa shape index (κ3) is 7.46. The summed E-state index contributed by atoms with van der Waals surface area (Å²) in [7, 11) is 0. The smallest absolute Gasteiger partial charge is 0.408 e. The molecule has 4 N–H and O–H groups in total. The summed E-state index contributed by atoms with van der Waals surface area (Å²) in [5.41, 5.74) is 6.43. The topological polar surface area (TPSA) is 124 Å². The van der Waals surface area contributed by atoms with E-state index < -0.39 is 23.7 Å². The highest BCUT2D eigenvalue weighted by molar-refractivity contribution is 5.80. The Morgan fingerprint density at radius 3 is 2.57 bits per heavy atom. The van der Waals surface area contributed by atoms with Gasteiger partial charge in [0.15, 0.2) is 6.04 Å². The third-order valence-electron chi connectivity index (χ3n) is 2.57. The summed E-state index contributed by atoms with van der Waals surface area (Å²) in [6.07, 6.45) is -0.813. The molecular formula is C15H23N3O5. The number of alkyl carbamates (subject to hydrolysis) is 1. The van der Waals surface area contributed by atoms with E-state index in [1.165, 1.54) is 0 Å². The predicted molar refractivity (Wildman–Crippen MR) is 83.8 cm³/mol. The fourth-order valence-corrected chi connectivity index (χ4v) is 1.75. The van der Waals surface area contributed by atoms with Crippen LogP contribution in [0.1, 0.15) is 32.0 Å². The largest absolute Gasteiger partial charge is 0.480 e. The monoisotopic (exact) mass is 325 g/mol. The summed E-state index contributed by atoms with van der Waals surface area (Å²) in [5.74, 6) is -0.849. The van der Waals surface area contributed by atoms with Crippen molar-refractivity contribution < 1.29 is 24.2 Å². The molecule has 0 radical (unpaired) electrons. The van der Waals surface area contributed by atoms with Crippen LogP contribution in [0.15, 0.2) is 12.1 Å². The quantitative estimate of drug-likeness (QED) is 0.723. The number of hydrogen-bond acceptors (Lipinski definition) is 6. The number of nitrogens with two attached hydrogens (primary N) is 1. The van der Waals surface area contributed by atoms with Gasteiger partial charge in [0.05, 0.1) is 18.9 Å². The fourth-order valence-electron chi connectivity index (χ4n) is 1.75. The Kier molecular flexibility index (Phi) is 6.32. The zero-order valence-corrected chi connectivity index (χ0v) is 13.8. The number of hydrogen-bond donors (Lipinski definition) is 3. The number of carbonyl (C=O) groups excluding carboxylic acids is 1. The van der Waals surface area contributed by atoms with Crippen molar-refractivity contribution in [2.75, 3.05) is 12.3 Å². The first-order valence-corrected chi connectivity index (χ1v) is 7.10. The highest BCUT2D eigenvalue weighted by Gasteiger charge is 2.24. The maximum Gasteiger partial charge on any atom is 0.408 e. The van der Waals surface area contributed by atoms with Crippen LogP contribution in [0, 0.1) is 6.92 Å². The van der Waals surface area contributed by atoms with E-state index in [4.69, 9.17) is 20.3 Å². The van der Waals surface area contributed by atoms with E-state index in [2.05, 4.69) is 10.3 Å². The second kappa shape index (κ2) is 7.77. The normalized spacial score (nSPS) is 12.5. The number of aliphatic carboxylic acids is 1. The summed E-state index contributed by atoms with van der Waals surface area (Å²) in [6.45, 7) is 6.80. The Bertz CT molecular complexity index is 548. The lowest BCUT2D eigenvalue weighted by atomic mass is 10.2. The van der Waals surface area contributed by atoms with E-state index in [9.17, 15) is 9.59 Å². The van der Waals surface area contributed by atoms with Crippen LogP contribution in [0.3, 0.4) is 0 Å². The van der Waals surface area contributed by atoms with Crippen LogP contribution in [-0.2, 0) is 20.9 Å². The van der Waals surface area contributed by atoms with Crippen molar-refractivity contribution in [3.05, 3.63) is 23.4 Å². The highest BCUT2D eigenvalue weighted by atomic mass is 16.6. The zero-order valence-electron chi connectivity index (χ0n) is 13.8. The van der Waals surface area contributed by atoms with Gasteiger partial charge in [-0.15, -0.1) is 0 Å². The summed E-state index contributed by atoms with van der Waals surface area (Å²) in [6, 6.07) is 2.29. The molecule has 23 heavy (non-hydrogen) atoms. The van der Waals surface area contributed by atoms with Crippen LogP contribution in [-0.4, -0.2) is 40.4 Å². The van der Waals surface area contributed by atoms with Gasteiger partial charge in [0.1, 0.15) is 11.4 Å². The Balaban J connectivity index is 2.53. The lowest BCUT2D eigenvalue weighted by Crippen LogP contribution is -2.46. The molecule has 1 aromatic rings. The van der Waals surface area contributed by atoms with Crippen LogP contribution in [0.25, 0.3) is 0 Å². The number of amides is 1. The van der Waals surface area contributed by atoms with Gasteiger partial charge in [-0.3, -0.25) is 0 Å². The minimum Gasteiger partial charge on any atom is -0.480 e. The van der Waals surface area contributed by atoms with Crippen LogP contribution < -0.4 is 11.1 Å². The van der Waals surface area contributed by atoms with Gasteiger partial charge in [0.25, 0.3) is 0 Å².